The zero-order chi connectivity index (χ0) is 13.5. The number of amides is 1. The Kier molecular flexibility index (Phi) is 5.94. The standard InChI is InChI=1S/C12H18FN3OS/c1-16(5-6-18-2)8-12(17)15-11-7-9(13)3-4-10(11)14/h3-4,7H,5-6,8,14H2,1-2H3,(H,15,17). The van der Waals surface area contributed by atoms with Gasteiger partial charge in [-0.25, -0.2) is 4.39 Å². The van der Waals surface area contributed by atoms with Crippen molar-refractivity contribution >= 4 is 29.0 Å². The van der Waals surface area contributed by atoms with E-state index < -0.39 is 5.82 Å². The van der Waals surface area contributed by atoms with Crippen molar-refractivity contribution in [1.29, 1.82) is 0 Å². The molecule has 0 aromatic heterocycles. The number of hydrogen-bond acceptors (Lipinski definition) is 4. The number of nitrogens with one attached hydrogen (secondary N) is 1. The van der Waals surface area contributed by atoms with Crippen molar-refractivity contribution in [3.63, 3.8) is 0 Å². The second kappa shape index (κ2) is 7.23. The van der Waals surface area contributed by atoms with Crippen molar-refractivity contribution in [3.8, 4) is 0 Å². The van der Waals surface area contributed by atoms with Crippen LogP contribution in [-0.4, -0.2) is 43.0 Å². The van der Waals surface area contributed by atoms with Crippen molar-refractivity contribution in [2.75, 3.05) is 43.2 Å². The Morgan fingerprint density at radius 3 is 2.94 bits per heavy atom. The van der Waals surface area contributed by atoms with Gasteiger partial charge in [0.1, 0.15) is 5.82 Å². The maximum absolute atomic E-state index is 13.0. The molecule has 18 heavy (non-hydrogen) atoms. The smallest absolute Gasteiger partial charge is 0.238 e. The number of benzene rings is 1. The highest BCUT2D eigenvalue weighted by Crippen LogP contribution is 2.18. The minimum Gasteiger partial charge on any atom is -0.397 e. The summed E-state index contributed by atoms with van der Waals surface area (Å²) in [5.41, 5.74) is 6.33. The molecule has 0 atom stereocenters. The average Bonchev–Trinajstić information content (AvgIpc) is 2.31. The molecule has 0 aliphatic carbocycles. The van der Waals surface area contributed by atoms with Gasteiger partial charge in [-0.15, -0.1) is 0 Å². The van der Waals surface area contributed by atoms with Gasteiger partial charge in [-0.2, -0.15) is 11.8 Å². The molecule has 0 radical (unpaired) electrons. The molecule has 100 valence electrons. The number of nitrogens with zero attached hydrogens (tertiary/aromatic N) is 1. The number of likely N-dealkylation sites (N-methyl/N-ethyl adjacent to an activating group) is 1. The molecule has 4 nitrogen and oxygen atoms in total. The lowest BCUT2D eigenvalue weighted by Crippen LogP contribution is -2.31. The number of nitrogen functional groups attached to an aromatic ring is 1. The maximum atomic E-state index is 13.0. The van der Waals surface area contributed by atoms with Gasteiger partial charge in [-0.3, -0.25) is 9.69 Å². The van der Waals surface area contributed by atoms with Crippen molar-refractivity contribution in [3.05, 3.63) is 24.0 Å². The van der Waals surface area contributed by atoms with E-state index in [0.717, 1.165) is 12.3 Å². The lowest BCUT2D eigenvalue weighted by atomic mass is 10.2. The number of anilines is 2. The van der Waals surface area contributed by atoms with Crippen molar-refractivity contribution in [2.45, 2.75) is 0 Å². The van der Waals surface area contributed by atoms with Gasteiger partial charge in [0.2, 0.25) is 5.91 Å². The van der Waals surface area contributed by atoms with E-state index in [9.17, 15) is 9.18 Å². The van der Waals surface area contributed by atoms with Crippen LogP contribution in [0.4, 0.5) is 15.8 Å². The fraction of sp³-hybridized carbons (Fsp3) is 0.417. The van der Waals surface area contributed by atoms with Crippen LogP contribution >= 0.6 is 11.8 Å². The zero-order valence-electron chi connectivity index (χ0n) is 10.6. The number of carbonyl (C=O) groups excluding carboxylic acids is 1. The molecule has 1 aromatic carbocycles. The van der Waals surface area contributed by atoms with Crippen LogP contribution in [0.3, 0.4) is 0 Å². The van der Waals surface area contributed by atoms with Gasteiger partial charge in [0.05, 0.1) is 17.9 Å². The van der Waals surface area contributed by atoms with Crippen LogP contribution in [0.25, 0.3) is 0 Å². The van der Waals surface area contributed by atoms with E-state index in [1.54, 1.807) is 11.8 Å². The third-order valence-electron chi connectivity index (χ3n) is 2.38. The Hall–Kier alpha value is -1.27. The molecule has 1 rings (SSSR count). The van der Waals surface area contributed by atoms with E-state index >= 15 is 0 Å². The summed E-state index contributed by atoms with van der Waals surface area (Å²) in [5, 5.41) is 2.61. The first-order chi connectivity index (χ1) is 8.52. The summed E-state index contributed by atoms with van der Waals surface area (Å²) in [6.45, 7) is 1.09. The summed E-state index contributed by atoms with van der Waals surface area (Å²) in [4.78, 5) is 13.6. The third-order valence-corrected chi connectivity index (χ3v) is 2.97. The first kappa shape index (κ1) is 14.8. The molecule has 1 aromatic rings. The van der Waals surface area contributed by atoms with E-state index in [1.165, 1.54) is 18.2 Å². The van der Waals surface area contributed by atoms with Crippen molar-refractivity contribution in [2.24, 2.45) is 0 Å². The first-order valence-corrected chi connectivity index (χ1v) is 6.94. The van der Waals surface area contributed by atoms with Gasteiger partial charge >= 0.3 is 0 Å². The van der Waals surface area contributed by atoms with Crippen LogP contribution in [0.5, 0.6) is 0 Å². The summed E-state index contributed by atoms with van der Waals surface area (Å²) in [6, 6.07) is 3.91. The first-order valence-electron chi connectivity index (χ1n) is 5.55. The number of rotatable bonds is 6. The molecule has 0 spiro atoms. The number of halogens is 1. The van der Waals surface area contributed by atoms with Gasteiger partial charge in [-0.05, 0) is 31.5 Å². The van der Waals surface area contributed by atoms with E-state index in [4.69, 9.17) is 5.73 Å². The highest BCUT2D eigenvalue weighted by atomic mass is 32.2. The van der Waals surface area contributed by atoms with E-state index in [-0.39, 0.29) is 12.5 Å². The Labute approximate surface area is 111 Å². The fourth-order valence-corrected chi connectivity index (χ4v) is 1.89. The summed E-state index contributed by atoms with van der Waals surface area (Å²) >= 11 is 1.72. The Bertz CT molecular complexity index is 414. The number of hydrogen-bond donors (Lipinski definition) is 2. The summed E-state index contributed by atoms with van der Waals surface area (Å²) in [5.74, 6) is 0.345. The van der Waals surface area contributed by atoms with Gasteiger partial charge < -0.3 is 11.1 Å². The number of carbonyl (C=O) groups is 1. The lowest BCUT2D eigenvalue weighted by Gasteiger charge is -2.16. The molecular weight excluding hydrogens is 253 g/mol. The molecular formula is C12H18FN3OS. The van der Waals surface area contributed by atoms with Crippen LogP contribution < -0.4 is 11.1 Å². The van der Waals surface area contributed by atoms with Gasteiger partial charge in [0.15, 0.2) is 0 Å². The van der Waals surface area contributed by atoms with Crippen LogP contribution in [0.1, 0.15) is 0 Å². The largest absolute Gasteiger partial charge is 0.397 e. The zero-order valence-corrected chi connectivity index (χ0v) is 11.4. The molecule has 3 N–H and O–H groups in total. The van der Waals surface area contributed by atoms with Crippen LogP contribution in [0, 0.1) is 5.82 Å². The SMILES string of the molecule is CSCCN(C)CC(=O)Nc1cc(F)ccc1N. The Morgan fingerprint density at radius 1 is 1.56 bits per heavy atom. The third kappa shape index (κ3) is 4.93. The van der Waals surface area contributed by atoms with Gasteiger partial charge in [0.25, 0.3) is 0 Å². The molecule has 0 saturated carbocycles. The van der Waals surface area contributed by atoms with Crippen molar-refractivity contribution < 1.29 is 9.18 Å². The second-order valence-corrected chi connectivity index (χ2v) is 5.00. The molecule has 0 unspecified atom stereocenters. The molecule has 0 heterocycles. The summed E-state index contributed by atoms with van der Waals surface area (Å²) in [6.07, 6.45) is 2.02. The molecule has 0 fully saturated rings. The lowest BCUT2D eigenvalue weighted by molar-refractivity contribution is -0.117. The molecule has 0 saturated heterocycles. The predicted molar refractivity (Wildman–Crippen MR) is 75.3 cm³/mol. The Balaban J connectivity index is 2.51. The fourth-order valence-electron chi connectivity index (χ4n) is 1.40. The predicted octanol–water partition coefficient (Wildman–Crippen LogP) is 1.64. The summed E-state index contributed by atoms with van der Waals surface area (Å²) in [7, 11) is 1.87. The molecule has 1 amide bonds. The minimum absolute atomic E-state index is 0.198. The van der Waals surface area contributed by atoms with Crippen LogP contribution in [-0.2, 0) is 4.79 Å². The molecule has 6 heteroatoms. The molecule has 0 aliphatic rings. The van der Waals surface area contributed by atoms with Crippen LogP contribution in [0.2, 0.25) is 0 Å². The quantitative estimate of drug-likeness (QED) is 0.772. The van der Waals surface area contributed by atoms with Gasteiger partial charge in [0, 0.05) is 12.3 Å². The van der Waals surface area contributed by atoms with E-state index in [1.807, 2.05) is 18.2 Å². The topological polar surface area (TPSA) is 58.4 Å². The number of nitrogens with two attached hydrogens (primary N) is 1. The highest BCUT2D eigenvalue weighted by molar-refractivity contribution is 7.98. The average molecular weight is 271 g/mol. The molecule has 0 aliphatic heterocycles. The van der Waals surface area contributed by atoms with Gasteiger partial charge in [-0.1, -0.05) is 0 Å². The van der Waals surface area contributed by atoms with E-state index in [2.05, 4.69) is 5.32 Å². The normalized spacial score (nSPS) is 10.7. The summed E-state index contributed by atoms with van der Waals surface area (Å²) < 4.78 is 13.0. The number of thioether (sulfide) groups is 1. The second-order valence-electron chi connectivity index (χ2n) is 4.01. The van der Waals surface area contributed by atoms with E-state index in [0.29, 0.717) is 11.4 Å². The molecule has 0 bridgehead atoms. The maximum Gasteiger partial charge on any atom is 0.238 e. The Morgan fingerprint density at radius 2 is 2.28 bits per heavy atom. The highest BCUT2D eigenvalue weighted by Gasteiger charge is 2.09. The van der Waals surface area contributed by atoms with Crippen molar-refractivity contribution in [1.82, 2.24) is 4.90 Å². The van der Waals surface area contributed by atoms with Crippen LogP contribution in [0.15, 0.2) is 18.2 Å². The minimum atomic E-state index is -0.421. The monoisotopic (exact) mass is 271 g/mol.